The number of hydrogen-bond donors (Lipinski definition) is 1. The molecular weight excluding hydrogens is 519 g/mol. The van der Waals surface area contributed by atoms with Gasteiger partial charge >= 0.3 is 0 Å². The van der Waals surface area contributed by atoms with E-state index in [1.54, 1.807) is 0 Å². The Morgan fingerprint density at radius 1 is 1.25 bits per heavy atom. The summed E-state index contributed by atoms with van der Waals surface area (Å²) in [5.74, 6) is 2.71. The van der Waals surface area contributed by atoms with E-state index in [4.69, 9.17) is 9.26 Å². The molecule has 8 nitrogen and oxygen atoms in total. The molecule has 0 radical (unpaired) electrons. The molecule has 0 aliphatic carbocycles. The van der Waals surface area contributed by atoms with Crippen molar-refractivity contribution >= 4 is 29.9 Å². The lowest BCUT2D eigenvalue weighted by atomic mass is 10.1. The summed E-state index contributed by atoms with van der Waals surface area (Å²) in [7, 11) is 1.85. The zero-order chi connectivity index (χ0) is 21.6. The number of nitrogens with zero attached hydrogens (tertiary/aromatic N) is 5. The van der Waals surface area contributed by atoms with Gasteiger partial charge in [-0.2, -0.15) is 4.98 Å². The highest BCUT2D eigenvalue weighted by Gasteiger charge is 2.41. The van der Waals surface area contributed by atoms with Crippen LogP contribution in [0.25, 0.3) is 0 Å². The van der Waals surface area contributed by atoms with Gasteiger partial charge in [-0.1, -0.05) is 49.3 Å². The van der Waals surface area contributed by atoms with Gasteiger partial charge in [0.05, 0.1) is 18.8 Å². The first-order valence-electron chi connectivity index (χ1n) is 11.3. The fourth-order valence-electron chi connectivity index (χ4n) is 4.32. The number of rotatable bonds is 7. The van der Waals surface area contributed by atoms with Crippen LogP contribution in [0.15, 0.2) is 39.8 Å². The third-order valence-corrected chi connectivity index (χ3v) is 6.01. The van der Waals surface area contributed by atoms with Crippen LogP contribution in [0, 0.1) is 0 Å². The molecule has 176 valence electrons. The summed E-state index contributed by atoms with van der Waals surface area (Å²) in [6.45, 7) is 9.47. The smallest absolute Gasteiger partial charge is 0.226 e. The van der Waals surface area contributed by atoms with Crippen molar-refractivity contribution in [1.82, 2.24) is 25.3 Å². The molecule has 3 heterocycles. The molecule has 4 rings (SSSR count). The number of benzene rings is 1. The van der Waals surface area contributed by atoms with Gasteiger partial charge in [0.2, 0.25) is 5.89 Å². The van der Waals surface area contributed by atoms with E-state index in [0.717, 1.165) is 64.0 Å². The number of guanidine groups is 1. The summed E-state index contributed by atoms with van der Waals surface area (Å²) in [4.78, 5) is 13.8. The summed E-state index contributed by atoms with van der Waals surface area (Å²) in [5.41, 5.74) is 1.35. The maximum absolute atomic E-state index is 6.11. The molecular formula is C23H35IN6O2. The Hall–Kier alpha value is -1.72. The topological polar surface area (TPSA) is 79.0 Å². The van der Waals surface area contributed by atoms with Crippen molar-refractivity contribution in [2.45, 2.75) is 51.3 Å². The first-order valence-corrected chi connectivity index (χ1v) is 11.3. The number of morpholine rings is 1. The van der Waals surface area contributed by atoms with Crippen molar-refractivity contribution in [3.05, 3.63) is 47.6 Å². The van der Waals surface area contributed by atoms with Crippen LogP contribution in [0.1, 0.15) is 43.5 Å². The Balaban J connectivity index is 0.00000289. The van der Waals surface area contributed by atoms with Crippen molar-refractivity contribution in [2.24, 2.45) is 4.99 Å². The van der Waals surface area contributed by atoms with Crippen LogP contribution in [0.4, 0.5) is 0 Å². The van der Waals surface area contributed by atoms with Crippen LogP contribution < -0.4 is 5.32 Å². The van der Waals surface area contributed by atoms with Crippen LogP contribution in [-0.4, -0.2) is 77.9 Å². The molecule has 2 aliphatic heterocycles. The highest BCUT2D eigenvalue weighted by atomic mass is 127. The molecule has 2 atom stereocenters. The Morgan fingerprint density at radius 2 is 2.06 bits per heavy atom. The van der Waals surface area contributed by atoms with Crippen LogP contribution in [-0.2, 0) is 17.7 Å². The normalized spacial score (nSPS) is 21.5. The predicted octanol–water partition coefficient (Wildman–Crippen LogP) is 2.90. The second-order valence-corrected chi connectivity index (χ2v) is 8.62. The first-order chi connectivity index (χ1) is 15.1. The molecule has 32 heavy (non-hydrogen) atoms. The van der Waals surface area contributed by atoms with Crippen molar-refractivity contribution in [3.63, 3.8) is 0 Å². The maximum Gasteiger partial charge on any atom is 0.226 e. The Labute approximate surface area is 207 Å². The highest BCUT2D eigenvalue weighted by Crippen LogP contribution is 2.24. The lowest BCUT2D eigenvalue weighted by Gasteiger charge is -2.36. The third-order valence-electron chi connectivity index (χ3n) is 6.01. The number of aliphatic imine (C=N–C) groups is 1. The number of aryl methyl sites for hydroxylation is 1. The second-order valence-electron chi connectivity index (χ2n) is 8.62. The Kier molecular flexibility index (Phi) is 9.30. The largest absolute Gasteiger partial charge is 0.373 e. The molecule has 0 amide bonds. The fourth-order valence-corrected chi connectivity index (χ4v) is 4.32. The van der Waals surface area contributed by atoms with Gasteiger partial charge in [-0.25, -0.2) is 0 Å². The van der Waals surface area contributed by atoms with Gasteiger partial charge < -0.3 is 19.5 Å². The zero-order valence-electron chi connectivity index (χ0n) is 19.2. The number of likely N-dealkylation sites (tertiary alicyclic amines) is 1. The molecule has 2 fully saturated rings. The SMILES string of the molecule is CN=C(NCCCc1nc(C(C)C)no1)N1CC2OCCN(Cc3ccccc3)C2C1.I. The summed E-state index contributed by atoms with van der Waals surface area (Å²) in [5, 5.41) is 7.53. The molecule has 2 aliphatic rings. The van der Waals surface area contributed by atoms with Gasteiger partial charge in [0.15, 0.2) is 11.8 Å². The summed E-state index contributed by atoms with van der Waals surface area (Å²) in [6, 6.07) is 11.1. The average molecular weight is 554 g/mol. The maximum atomic E-state index is 6.11. The molecule has 2 unspecified atom stereocenters. The fraction of sp³-hybridized carbons (Fsp3) is 0.609. The van der Waals surface area contributed by atoms with Crippen molar-refractivity contribution in [1.29, 1.82) is 0 Å². The third kappa shape index (κ3) is 6.20. The molecule has 2 aromatic rings. The van der Waals surface area contributed by atoms with E-state index in [1.165, 1.54) is 5.56 Å². The minimum absolute atomic E-state index is 0. The summed E-state index contributed by atoms with van der Waals surface area (Å²) in [6.07, 6.45) is 1.91. The number of ether oxygens (including phenoxy) is 1. The molecule has 1 N–H and O–H groups in total. The minimum Gasteiger partial charge on any atom is -0.373 e. The first kappa shape index (κ1) is 24.9. The highest BCUT2D eigenvalue weighted by molar-refractivity contribution is 14.0. The van der Waals surface area contributed by atoms with Crippen molar-refractivity contribution in [3.8, 4) is 0 Å². The molecule has 0 saturated carbocycles. The lowest BCUT2D eigenvalue weighted by Crippen LogP contribution is -2.50. The lowest BCUT2D eigenvalue weighted by molar-refractivity contribution is -0.0502. The summed E-state index contributed by atoms with van der Waals surface area (Å²) >= 11 is 0. The molecule has 0 bridgehead atoms. The summed E-state index contributed by atoms with van der Waals surface area (Å²) < 4.78 is 11.4. The van der Waals surface area contributed by atoms with Gasteiger partial charge in [-0.15, -0.1) is 24.0 Å². The standard InChI is InChI=1S/C23H34N6O2.HI/c1-17(2)22-26-21(31-27-22)10-7-11-25-23(24-3)29-15-19-20(16-29)30-13-12-28(19)14-18-8-5-4-6-9-18;/h4-6,8-9,17,19-20H,7,10-16H2,1-3H3,(H,24,25);1H. The average Bonchev–Trinajstić information content (AvgIpc) is 3.42. The van der Waals surface area contributed by atoms with Gasteiger partial charge in [0.1, 0.15) is 0 Å². The number of fused-ring (bicyclic) bond motifs is 1. The molecule has 2 saturated heterocycles. The number of halogens is 1. The van der Waals surface area contributed by atoms with Crippen molar-refractivity contribution < 1.29 is 9.26 Å². The van der Waals surface area contributed by atoms with Crippen LogP contribution >= 0.6 is 24.0 Å². The van der Waals surface area contributed by atoms with E-state index in [-0.39, 0.29) is 36.0 Å². The van der Waals surface area contributed by atoms with Gasteiger partial charge in [0.25, 0.3) is 0 Å². The van der Waals surface area contributed by atoms with E-state index < -0.39 is 0 Å². The molecule has 1 aromatic heterocycles. The predicted molar refractivity (Wildman–Crippen MR) is 135 cm³/mol. The number of hydrogen-bond acceptors (Lipinski definition) is 6. The van der Waals surface area contributed by atoms with Gasteiger partial charge in [0, 0.05) is 52.1 Å². The molecule has 1 aromatic carbocycles. The van der Waals surface area contributed by atoms with Crippen LogP contribution in [0.2, 0.25) is 0 Å². The van der Waals surface area contributed by atoms with Gasteiger partial charge in [-0.05, 0) is 12.0 Å². The van der Waals surface area contributed by atoms with E-state index in [0.29, 0.717) is 11.9 Å². The van der Waals surface area contributed by atoms with Crippen molar-refractivity contribution in [2.75, 3.05) is 39.8 Å². The van der Waals surface area contributed by atoms with E-state index in [1.807, 2.05) is 7.05 Å². The molecule has 0 spiro atoms. The number of aromatic nitrogens is 2. The zero-order valence-corrected chi connectivity index (χ0v) is 21.6. The van der Waals surface area contributed by atoms with Crippen LogP contribution in [0.3, 0.4) is 0 Å². The molecule has 9 heteroatoms. The van der Waals surface area contributed by atoms with Gasteiger partial charge in [-0.3, -0.25) is 9.89 Å². The van der Waals surface area contributed by atoms with Crippen LogP contribution in [0.5, 0.6) is 0 Å². The number of nitrogens with one attached hydrogen (secondary N) is 1. The Bertz CT molecular complexity index is 859. The quantitative estimate of drug-likeness (QED) is 0.244. The Morgan fingerprint density at radius 3 is 2.78 bits per heavy atom. The monoisotopic (exact) mass is 554 g/mol. The minimum atomic E-state index is 0. The van der Waals surface area contributed by atoms with E-state index in [2.05, 4.69) is 74.4 Å². The van der Waals surface area contributed by atoms with E-state index >= 15 is 0 Å². The van der Waals surface area contributed by atoms with E-state index in [9.17, 15) is 0 Å². The second kappa shape index (κ2) is 11.9.